The Bertz CT molecular complexity index is 1140. The van der Waals surface area contributed by atoms with Crippen LogP contribution >= 0.6 is 35.0 Å². The van der Waals surface area contributed by atoms with Crippen molar-refractivity contribution in [3.05, 3.63) is 125 Å². The minimum Gasteiger partial charge on any atom is -0.166 e. The number of hydrogen-bond donors (Lipinski definition) is 0. The molecule has 0 radical (unpaired) electrons. The molecule has 10 heteroatoms. The summed E-state index contributed by atoms with van der Waals surface area (Å²) in [5, 5.41) is 1.52. The molecule has 4 aromatic carbocycles. The Hall–Kier alpha value is -1.88. The van der Waals surface area contributed by atoms with E-state index in [1.807, 2.05) is 48.5 Å². The number of alkyl halides is 6. The van der Waals surface area contributed by atoms with Crippen molar-refractivity contribution < 1.29 is 47.5 Å². The fraction of sp³-hybridized carbons (Fsp3) is 0.0769. The van der Waals surface area contributed by atoms with Crippen LogP contribution in [-0.4, -0.2) is 0 Å². The number of rotatable bonds is 4. The molecule has 188 valence electrons. The molecule has 0 atom stereocenters. The maximum Gasteiger partial charge on any atom is 0.416 e. The van der Waals surface area contributed by atoms with E-state index in [4.69, 9.17) is 23.2 Å². The molecule has 0 fully saturated rings. The van der Waals surface area contributed by atoms with Crippen molar-refractivity contribution in [3.8, 4) is 0 Å². The van der Waals surface area contributed by atoms with Crippen molar-refractivity contribution in [2.45, 2.75) is 22.1 Å². The van der Waals surface area contributed by atoms with Crippen LogP contribution in [0.5, 0.6) is 0 Å². The van der Waals surface area contributed by atoms with Crippen molar-refractivity contribution in [1.82, 2.24) is 0 Å². The molecule has 0 aromatic heterocycles. The smallest absolute Gasteiger partial charge is 0.166 e. The second-order valence-corrected chi connectivity index (χ2v) is 12.2. The van der Waals surface area contributed by atoms with Crippen molar-refractivity contribution in [3.63, 3.8) is 0 Å². The van der Waals surface area contributed by atoms with E-state index >= 15 is 0 Å². The standard InChI is InChI=1S/C14H8F6I.C12H8Cl2S/c15-13(16,17)9-1-5-11(6-2-9)21-12-7-3-10(4-8-12)14(18,19)20;13-9-1-5-11(6-2-9)15-12-7-3-10(14)4-8-12/h1-8H;1-8H/q+1;. The summed E-state index contributed by atoms with van der Waals surface area (Å²) >= 11 is 12.5. The summed E-state index contributed by atoms with van der Waals surface area (Å²) in [6.07, 6.45) is -8.77. The molecule has 36 heavy (non-hydrogen) atoms. The third kappa shape index (κ3) is 9.21. The lowest BCUT2D eigenvalue weighted by atomic mass is 10.2. The molecular formula is C26H16Cl2F6IS+. The summed E-state index contributed by atoms with van der Waals surface area (Å²) in [5.41, 5.74) is -1.47. The topological polar surface area (TPSA) is 0 Å². The van der Waals surface area contributed by atoms with Crippen LogP contribution in [0.4, 0.5) is 26.3 Å². The molecule has 0 saturated carbocycles. The van der Waals surface area contributed by atoms with Gasteiger partial charge in [0.15, 0.2) is 7.14 Å². The van der Waals surface area contributed by atoms with Crippen molar-refractivity contribution >= 4 is 35.0 Å². The third-order valence-electron chi connectivity index (χ3n) is 4.42. The summed E-state index contributed by atoms with van der Waals surface area (Å²) in [5.74, 6) is 0. The van der Waals surface area contributed by atoms with Crippen LogP contribution < -0.4 is 21.2 Å². The Labute approximate surface area is 228 Å². The zero-order chi connectivity index (χ0) is 26.3. The van der Waals surface area contributed by atoms with Gasteiger partial charge in [-0.25, -0.2) is 0 Å². The Balaban J connectivity index is 0.000000212. The Morgan fingerprint density at radius 3 is 1.06 bits per heavy atom. The van der Waals surface area contributed by atoms with E-state index in [9.17, 15) is 26.3 Å². The fourth-order valence-corrected chi connectivity index (χ4v) is 5.90. The second-order valence-electron chi connectivity index (χ2n) is 7.11. The Morgan fingerprint density at radius 1 is 0.472 bits per heavy atom. The first-order valence-corrected chi connectivity index (χ1v) is 13.8. The maximum atomic E-state index is 12.4. The number of benzene rings is 4. The van der Waals surface area contributed by atoms with E-state index in [2.05, 4.69) is 0 Å². The van der Waals surface area contributed by atoms with Crippen LogP contribution in [0, 0.1) is 7.14 Å². The second kappa shape index (κ2) is 12.6. The van der Waals surface area contributed by atoms with Gasteiger partial charge < -0.3 is 0 Å². The van der Waals surface area contributed by atoms with Crippen LogP contribution in [0.2, 0.25) is 10.0 Å². The molecular weight excluding hydrogens is 656 g/mol. The van der Waals surface area contributed by atoms with E-state index in [0.29, 0.717) is 7.14 Å². The lowest BCUT2D eigenvalue weighted by molar-refractivity contribution is -0.597. The summed E-state index contributed by atoms with van der Waals surface area (Å²) in [6, 6.07) is 25.0. The van der Waals surface area contributed by atoms with E-state index < -0.39 is 44.7 Å². The molecule has 4 rings (SSSR count). The van der Waals surface area contributed by atoms with Gasteiger partial charge in [0.25, 0.3) is 0 Å². The largest absolute Gasteiger partial charge is 0.416 e. The van der Waals surface area contributed by atoms with Gasteiger partial charge in [0.05, 0.1) is 11.1 Å². The van der Waals surface area contributed by atoms with Gasteiger partial charge in [-0.3, -0.25) is 0 Å². The molecule has 0 nitrogen and oxygen atoms in total. The van der Waals surface area contributed by atoms with Crippen LogP contribution in [0.25, 0.3) is 0 Å². The monoisotopic (exact) mass is 671 g/mol. The van der Waals surface area contributed by atoms with Crippen LogP contribution in [0.3, 0.4) is 0 Å². The first kappa shape index (κ1) is 28.7. The molecule has 0 aliphatic heterocycles. The van der Waals surface area contributed by atoms with E-state index in [-0.39, 0.29) is 0 Å². The highest BCUT2D eigenvalue weighted by molar-refractivity contribution is 7.99. The molecule has 0 N–H and O–H groups in total. The first-order chi connectivity index (χ1) is 16.9. The van der Waals surface area contributed by atoms with Gasteiger partial charge in [0.1, 0.15) is 0 Å². The zero-order valence-electron chi connectivity index (χ0n) is 18.0. The number of hydrogen-bond acceptors (Lipinski definition) is 1. The summed E-state index contributed by atoms with van der Waals surface area (Å²) in [4.78, 5) is 2.34. The minimum atomic E-state index is -4.38. The molecule has 4 aromatic rings. The highest BCUT2D eigenvalue weighted by atomic mass is 127. The summed E-state index contributed by atoms with van der Waals surface area (Å²) < 4.78 is 75.9. The SMILES string of the molecule is Clc1ccc(Sc2ccc(Cl)cc2)cc1.FC(F)(F)c1ccc([I+]c2ccc(C(F)(F)F)cc2)cc1. The lowest BCUT2D eigenvalue weighted by Gasteiger charge is -2.05. The Kier molecular flexibility index (Phi) is 10.0. The van der Waals surface area contributed by atoms with Crippen molar-refractivity contribution in [1.29, 1.82) is 0 Å². The number of halogens is 9. The van der Waals surface area contributed by atoms with Gasteiger partial charge in [-0.2, -0.15) is 26.3 Å². The Morgan fingerprint density at radius 2 is 0.778 bits per heavy atom. The fourth-order valence-electron chi connectivity index (χ4n) is 2.67. The summed E-state index contributed by atoms with van der Waals surface area (Å²) in [6.45, 7) is 0. The first-order valence-electron chi connectivity index (χ1n) is 10.1. The lowest BCUT2D eigenvalue weighted by Crippen LogP contribution is -3.61. The van der Waals surface area contributed by atoms with E-state index in [0.717, 1.165) is 34.3 Å². The van der Waals surface area contributed by atoms with Crippen LogP contribution in [0.1, 0.15) is 11.1 Å². The van der Waals surface area contributed by atoms with Crippen molar-refractivity contribution in [2.24, 2.45) is 0 Å². The van der Waals surface area contributed by atoms with Gasteiger partial charge in [0.2, 0.25) is 0 Å². The normalized spacial score (nSPS) is 11.6. The van der Waals surface area contributed by atoms with Gasteiger partial charge in [-0.1, -0.05) is 35.0 Å². The van der Waals surface area contributed by atoms with Gasteiger partial charge in [-0.15, -0.1) is 0 Å². The molecule has 0 saturated heterocycles. The quantitative estimate of drug-likeness (QED) is 0.166. The molecule has 0 aliphatic carbocycles. The molecule has 0 bridgehead atoms. The zero-order valence-corrected chi connectivity index (χ0v) is 22.5. The molecule has 0 unspecified atom stereocenters. The highest BCUT2D eigenvalue weighted by Crippen LogP contribution is 2.30. The average molecular weight is 672 g/mol. The van der Waals surface area contributed by atoms with E-state index in [1.165, 1.54) is 34.1 Å². The van der Waals surface area contributed by atoms with Crippen LogP contribution in [-0.2, 0) is 12.4 Å². The summed E-state index contributed by atoms with van der Waals surface area (Å²) in [7, 11) is 0. The minimum absolute atomic E-state index is 0.710. The average Bonchev–Trinajstić information content (AvgIpc) is 2.82. The molecule has 0 amide bonds. The molecule has 0 aliphatic rings. The van der Waals surface area contributed by atoms with Crippen molar-refractivity contribution in [2.75, 3.05) is 0 Å². The molecule has 0 spiro atoms. The van der Waals surface area contributed by atoms with Crippen LogP contribution in [0.15, 0.2) is 107 Å². The van der Waals surface area contributed by atoms with Gasteiger partial charge in [0, 0.05) is 19.8 Å². The predicted octanol–water partition coefficient (Wildman–Crippen LogP) is 7.00. The predicted molar refractivity (Wildman–Crippen MR) is 127 cm³/mol. The maximum absolute atomic E-state index is 12.4. The van der Waals surface area contributed by atoms with Gasteiger partial charge >= 0.3 is 33.6 Å². The molecule has 0 heterocycles. The van der Waals surface area contributed by atoms with E-state index in [1.54, 1.807) is 11.8 Å². The van der Waals surface area contributed by atoms with Gasteiger partial charge in [-0.05, 0) is 97.1 Å². The highest BCUT2D eigenvalue weighted by Gasteiger charge is 2.32. The third-order valence-corrected chi connectivity index (χ3v) is 8.63.